The Balaban J connectivity index is 1.73. The van der Waals surface area contributed by atoms with Crippen LogP contribution in [0.5, 0.6) is 0 Å². The summed E-state index contributed by atoms with van der Waals surface area (Å²) in [6.45, 7) is 3.95. The molecule has 3 rings (SSSR count). The molecule has 0 aliphatic carbocycles. The van der Waals surface area contributed by atoms with Crippen molar-refractivity contribution >= 4 is 23.2 Å². The number of carbonyl (C=O) groups excluding carboxylic acids is 1. The molecule has 0 saturated heterocycles. The number of amides is 1. The monoisotopic (exact) mass is 343 g/mol. The van der Waals surface area contributed by atoms with E-state index in [0.29, 0.717) is 22.8 Å². The Morgan fingerprint density at radius 2 is 1.69 bits per heavy atom. The van der Waals surface area contributed by atoms with Crippen LogP contribution in [-0.4, -0.2) is 15.9 Å². The van der Waals surface area contributed by atoms with Crippen LogP contribution in [0.25, 0.3) is 0 Å². The summed E-state index contributed by atoms with van der Waals surface area (Å²) < 4.78 is 0. The lowest BCUT2D eigenvalue weighted by Crippen LogP contribution is -2.13. The van der Waals surface area contributed by atoms with Crippen LogP contribution in [-0.2, 0) is 0 Å². The molecule has 0 bridgehead atoms. The van der Waals surface area contributed by atoms with Crippen LogP contribution < -0.4 is 10.6 Å². The van der Waals surface area contributed by atoms with E-state index in [0.717, 1.165) is 16.8 Å². The second-order valence-electron chi connectivity index (χ2n) is 5.91. The lowest BCUT2D eigenvalue weighted by molar-refractivity contribution is 0.102. The number of nitriles is 1. The Morgan fingerprint density at radius 3 is 2.35 bits per heavy atom. The first kappa shape index (κ1) is 17.1. The molecule has 1 heterocycles. The van der Waals surface area contributed by atoms with Gasteiger partial charge in [0.25, 0.3) is 5.91 Å². The highest BCUT2D eigenvalue weighted by molar-refractivity contribution is 6.04. The van der Waals surface area contributed by atoms with Gasteiger partial charge in [0.1, 0.15) is 6.07 Å². The molecule has 1 amide bonds. The van der Waals surface area contributed by atoms with E-state index in [1.165, 1.54) is 12.4 Å². The number of aryl methyl sites for hydroxylation is 2. The Labute approximate surface area is 151 Å². The number of hydrogen-bond donors (Lipinski definition) is 2. The maximum absolute atomic E-state index is 12.4. The highest BCUT2D eigenvalue weighted by Crippen LogP contribution is 2.18. The van der Waals surface area contributed by atoms with Crippen molar-refractivity contribution in [3.8, 4) is 6.07 Å². The van der Waals surface area contributed by atoms with Crippen LogP contribution >= 0.6 is 0 Å². The largest absolute Gasteiger partial charge is 0.323 e. The fourth-order valence-corrected chi connectivity index (χ4v) is 2.57. The standard InChI is InChI=1S/C20H17N5O/c1-13-7-14(2)9-17(8-13)24-19(26)16-11-22-20(23-12-16)25-18-6-4-3-5-15(18)10-21/h3-9,11-12H,1-2H3,(H,24,26)(H,22,23,25). The zero-order chi connectivity index (χ0) is 18.5. The molecule has 3 aromatic rings. The third-order valence-electron chi connectivity index (χ3n) is 3.69. The summed E-state index contributed by atoms with van der Waals surface area (Å²) in [4.78, 5) is 20.7. The molecule has 0 aliphatic heterocycles. The van der Waals surface area contributed by atoms with Crippen LogP contribution in [0, 0.1) is 25.2 Å². The number of carbonyl (C=O) groups is 1. The quantitative estimate of drug-likeness (QED) is 0.748. The number of benzene rings is 2. The van der Waals surface area contributed by atoms with Gasteiger partial charge in [0, 0.05) is 18.1 Å². The number of rotatable bonds is 4. The van der Waals surface area contributed by atoms with Gasteiger partial charge in [-0.25, -0.2) is 9.97 Å². The molecule has 2 N–H and O–H groups in total. The fourth-order valence-electron chi connectivity index (χ4n) is 2.57. The maximum Gasteiger partial charge on any atom is 0.258 e. The number of anilines is 3. The summed E-state index contributed by atoms with van der Waals surface area (Å²) in [5.41, 5.74) is 4.34. The Bertz CT molecular complexity index is 970. The summed E-state index contributed by atoms with van der Waals surface area (Å²) in [5.74, 6) is 0.0367. The second kappa shape index (κ2) is 7.45. The molecular formula is C20H17N5O. The smallest absolute Gasteiger partial charge is 0.258 e. The fraction of sp³-hybridized carbons (Fsp3) is 0.100. The minimum Gasteiger partial charge on any atom is -0.323 e. The molecule has 0 aliphatic rings. The predicted molar refractivity (Wildman–Crippen MR) is 100 cm³/mol. The number of aromatic nitrogens is 2. The van der Waals surface area contributed by atoms with Crippen molar-refractivity contribution in [2.45, 2.75) is 13.8 Å². The molecule has 6 nitrogen and oxygen atoms in total. The maximum atomic E-state index is 12.4. The highest BCUT2D eigenvalue weighted by Gasteiger charge is 2.09. The van der Waals surface area contributed by atoms with Gasteiger partial charge in [-0.2, -0.15) is 5.26 Å². The van der Waals surface area contributed by atoms with Gasteiger partial charge in [0.15, 0.2) is 0 Å². The molecule has 0 atom stereocenters. The van der Waals surface area contributed by atoms with Crippen molar-refractivity contribution in [3.05, 3.63) is 77.1 Å². The SMILES string of the molecule is Cc1cc(C)cc(NC(=O)c2cnc(Nc3ccccc3C#N)nc2)c1. The van der Waals surface area contributed by atoms with E-state index in [9.17, 15) is 4.79 Å². The molecule has 2 aromatic carbocycles. The van der Waals surface area contributed by atoms with Crippen molar-refractivity contribution in [2.75, 3.05) is 10.6 Å². The van der Waals surface area contributed by atoms with E-state index in [2.05, 4.69) is 26.7 Å². The number of para-hydroxylation sites is 1. The van der Waals surface area contributed by atoms with Gasteiger partial charge >= 0.3 is 0 Å². The van der Waals surface area contributed by atoms with Crippen molar-refractivity contribution < 1.29 is 4.79 Å². The molecule has 0 spiro atoms. The zero-order valence-electron chi connectivity index (χ0n) is 14.4. The first-order valence-electron chi connectivity index (χ1n) is 8.03. The summed E-state index contributed by atoms with van der Waals surface area (Å²) >= 11 is 0. The Hall–Kier alpha value is -3.72. The van der Waals surface area contributed by atoms with Gasteiger partial charge in [-0.15, -0.1) is 0 Å². The molecule has 0 unspecified atom stereocenters. The number of hydrogen-bond acceptors (Lipinski definition) is 5. The van der Waals surface area contributed by atoms with E-state index in [4.69, 9.17) is 5.26 Å². The number of nitrogens with one attached hydrogen (secondary N) is 2. The molecule has 0 fully saturated rings. The third kappa shape index (κ3) is 4.02. The van der Waals surface area contributed by atoms with Crippen LogP contribution in [0.4, 0.5) is 17.3 Å². The summed E-state index contributed by atoms with van der Waals surface area (Å²) in [6.07, 6.45) is 2.89. The van der Waals surface area contributed by atoms with Crippen LogP contribution in [0.2, 0.25) is 0 Å². The molecule has 0 saturated carbocycles. The Morgan fingerprint density at radius 1 is 1.04 bits per heavy atom. The molecule has 26 heavy (non-hydrogen) atoms. The Kier molecular flexibility index (Phi) is 4.90. The van der Waals surface area contributed by atoms with Crippen molar-refractivity contribution in [2.24, 2.45) is 0 Å². The summed E-state index contributed by atoms with van der Waals surface area (Å²) in [6, 6.07) is 15.0. The average molecular weight is 343 g/mol. The van der Waals surface area contributed by atoms with Gasteiger partial charge < -0.3 is 10.6 Å². The van der Waals surface area contributed by atoms with Gasteiger partial charge in [0.2, 0.25) is 5.95 Å². The van der Waals surface area contributed by atoms with E-state index in [1.807, 2.05) is 38.1 Å². The van der Waals surface area contributed by atoms with E-state index < -0.39 is 0 Å². The first-order chi connectivity index (χ1) is 12.5. The summed E-state index contributed by atoms with van der Waals surface area (Å²) in [5, 5.41) is 14.9. The lowest BCUT2D eigenvalue weighted by Gasteiger charge is -2.09. The molecular weight excluding hydrogens is 326 g/mol. The first-order valence-corrected chi connectivity index (χ1v) is 8.03. The van der Waals surface area contributed by atoms with Crippen molar-refractivity contribution in [1.29, 1.82) is 5.26 Å². The van der Waals surface area contributed by atoms with Gasteiger partial charge in [-0.3, -0.25) is 4.79 Å². The topological polar surface area (TPSA) is 90.7 Å². The van der Waals surface area contributed by atoms with Gasteiger partial charge in [-0.1, -0.05) is 18.2 Å². The summed E-state index contributed by atoms with van der Waals surface area (Å²) in [7, 11) is 0. The molecule has 1 aromatic heterocycles. The minimum atomic E-state index is -0.279. The van der Waals surface area contributed by atoms with Gasteiger partial charge in [0.05, 0.1) is 16.8 Å². The normalized spacial score (nSPS) is 10.0. The van der Waals surface area contributed by atoms with Crippen LogP contribution in [0.3, 0.4) is 0 Å². The van der Waals surface area contributed by atoms with E-state index in [1.54, 1.807) is 18.2 Å². The van der Waals surface area contributed by atoms with Crippen molar-refractivity contribution in [3.63, 3.8) is 0 Å². The third-order valence-corrected chi connectivity index (χ3v) is 3.69. The van der Waals surface area contributed by atoms with E-state index >= 15 is 0 Å². The number of nitrogens with zero attached hydrogens (tertiary/aromatic N) is 3. The second-order valence-corrected chi connectivity index (χ2v) is 5.91. The van der Waals surface area contributed by atoms with Crippen molar-refractivity contribution in [1.82, 2.24) is 9.97 Å². The van der Waals surface area contributed by atoms with E-state index in [-0.39, 0.29) is 5.91 Å². The highest BCUT2D eigenvalue weighted by atomic mass is 16.1. The zero-order valence-corrected chi connectivity index (χ0v) is 14.4. The predicted octanol–water partition coefficient (Wildman–Crippen LogP) is 3.96. The average Bonchev–Trinajstić information content (AvgIpc) is 2.62. The lowest BCUT2D eigenvalue weighted by atomic mass is 10.1. The molecule has 6 heteroatoms. The van der Waals surface area contributed by atoms with Gasteiger partial charge in [-0.05, 0) is 49.2 Å². The molecule has 128 valence electrons. The van der Waals surface area contributed by atoms with Crippen LogP contribution in [0.15, 0.2) is 54.9 Å². The van der Waals surface area contributed by atoms with Crippen LogP contribution in [0.1, 0.15) is 27.0 Å². The minimum absolute atomic E-state index is 0.279. The molecule has 0 radical (unpaired) electrons.